The Bertz CT molecular complexity index is 1000. The number of ether oxygens (including phenoxy) is 2. The Morgan fingerprint density at radius 1 is 1.04 bits per heavy atom. The second-order valence-corrected chi connectivity index (χ2v) is 6.00. The predicted octanol–water partition coefficient (Wildman–Crippen LogP) is 2.78. The lowest BCUT2D eigenvalue weighted by Gasteiger charge is -2.09. The van der Waals surface area contributed by atoms with Gasteiger partial charge in [-0.2, -0.15) is 0 Å². The summed E-state index contributed by atoms with van der Waals surface area (Å²) in [4.78, 5) is 27.5. The number of aromatic nitrogens is 1. The Morgan fingerprint density at radius 3 is 2.38 bits per heavy atom. The van der Waals surface area contributed by atoms with Crippen molar-refractivity contribution < 1.29 is 14.3 Å². The van der Waals surface area contributed by atoms with Gasteiger partial charge in [0.2, 0.25) is 0 Å². The Hall–Kier alpha value is -3.28. The molecule has 0 aliphatic carbocycles. The lowest BCUT2D eigenvalue weighted by molar-refractivity contribution is 0.0950. The molecule has 0 bridgehead atoms. The number of H-pyrrole nitrogens is 1. The van der Waals surface area contributed by atoms with Gasteiger partial charge in [-0.25, -0.2) is 0 Å². The van der Waals surface area contributed by atoms with Gasteiger partial charge in [-0.3, -0.25) is 9.59 Å². The van der Waals surface area contributed by atoms with Crippen molar-refractivity contribution in [2.24, 2.45) is 0 Å². The highest BCUT2D eigenvalue weighted by molar-refractivity contribution is 5.95. The first kappa shape index (κ1) is 17.5. The predicted molar refractivity (Wildman–Crippen MR) is 100 cm³/mol. The molecule has 0 unspecified atom stereocenters. The fourth-order valence-electron chi connectivity index (χ4n) is 2.71. The maximum atomic E-state index is 12.4. The van der Waals surface area contributed by atoms with Gasteiger partial charge >= 0.3 is 0 Å². The van der Waals surface area contributed by atoms with Crippen LogP contribution in [0.2, 0.25) is 0 Å². The van der Waals surface area contributed by atoms with Crippen molar-refractivity contribution in [3.8, 4) is 11.5 Å². The van der Waals surface area contributed by atoms with Crippen molar-refractivity contribution in [3.05, 3.63) is 69.5 Å². The van der Waals surface area contributed by atoms with Crippen LogP contribution in [0.15, 0.2) is 47.3 Å². The molecule has 6 heteroatoms. The van der Waals surface area contributed by atoms with Crippen LogP contribution in [-0.4, -0.2) is 25.1 Å². The van der Waals surface area contributed by atoms with E-state index in [2.05, 4.69) is 10.3 Å². The van der Waals surface area contributed by atoms with Crippen LogP contribution in [0.4, 0.5) is 0 Å². The SMILES string of the molecule is COc1cc(OC)cc(C(=O)NCc2cc3ccc(C)cc3[nH]c2=O)c1. The number of rotatable bonds is 5. The van der Waals surface area contributed by atoms with Gasteiger partial charge in [-0.05, 0) is 42.1 Å². The van der Waals surface area contributed by atoms with Gasteiger partial charge in [0.15, 0.2) is 0 Å². The van der Waals surface area contributed by atoms with E-state index in [0.717, 1.165) is 16.5 Å². The molecule has 2 N–H and O–H groups in total. The summed E-state index contributed by atoms with van der Waals surface area (Å²) in [5.74, 6) is 0.729. The second-order valence-electron chi connectivity index (χ2n) is 6.00. The smallest absolute Gasteiger partial charge is 0.253 e. The molecular weight excluding hydrogens is 332 g/mol. The fraction of sp³-hybridized carbons (Fsp3) is 0.200. The quantitative estimate of drug-likeness (QED) is 0.740. The van der Waals surface area contributed by atoms with Crippen LogP contribution < -0.4 is 20.3 Å². The maximum absolute atomic E-state index is 12.4. The zero-order valence-corrected chi connectivity index (χ0v) is 14.9. The minimum Gasteiger partial charge on any atom is -0.497 e. The third kappa shape index (κ3) is 3.69. The number of aromatic amines is 1. The van der Waals surface area contributed by atoms with Crippen LogP contribution in [0.1, 0.15) is 21.5 Å². The Labute approximate surface area is 150 Å². The number of benzene rings is 2. The Balaban J connectivity index is 1.81. The van der Waals surface area contributed by atoms with Crippen LogP contribution in [0.25, 0.3) is 10.9 Å². The van der Waals surface area contributed by atoms with E-state index in [1.54, 1.807) is 24.3 Å². The van der Waals surface area contributed by atoms with E-state index in [9.17, 15) is 9.59 Å². The van der Waals surface area contributed by atoms with Crippen molar-refractivity contribution in [2.45, 2.75) is 13.5 Å². The molecule has 0 radical (unpaired) electrons. The number of nitrogens with one attached hydrogen (secondary N) is 2. The molecule has 3 rings (SSSR count). The van der Waals surface area contributed by atoms with Gasteiger partial charge in [0.1, 0.15) is 11.5 Å². The van der Waals surface area contributed by atoms with E-state index in [0.29, 0.717) is 22.6 Å². The standard InChI is InChI=1S/C20H20N2O4/c1-12-4-5-13-7-15(20(24)22-18(13)6-12)11-21-19(23)14-8-16(25-2)10-17(9-14)26-3/h4-10H,11H2,1-3H3,(H,21,23)(H,22,24). The summed E-state index contributed by atoms with van der Waals surface area (Å²) in [6.45, 7) is 2.09. The summed E-state index contributed by atoms with van der Waals surface area (Å²) in [5, 5.41) is 3.68. The molecule has 0 saturated carbocycles. The molecule has 0 saturated heterocycles. The van der Waals surface area contributed by atoms with Crippen LogP contribution in [0.5, 0.6) is 11.5 Å². The molecule has 1 amide bonds. The molecule has 0 spiro atoms. The third-order valence-electron chi connectivity index (χ3n) is 4.13. The molecule has 1 heterocycles. The van der Waals surface area contributed by atoms with Gasteiger partial charge in [0.25, 0.3) is 11.5 Å². The number of hydrogen-bond acceptors (Lipinski definition) is 4. The summed E-state index contributed by atoms with van der Waals surface area (Å²) in [7, 11) is 3.04. The first-order chi connectivity index (χ1) is 12.5. The first-order valence-electron chi connectivity index (χ1n) is 8.14. The van der Waals surface area contributed by atoms with Crippen molar-refractivity contribution in [2.75, 3.05) is 14.2 Å². The van der Waals surface area contributed by atoms with E-state index in [4.69, 9.17) is 9.47 Å². The molecule has 0 fully saturated rings. The normalized spacial score (nSPS) is 10.6. The molecule has 3 aromatic rings. The van der Waals surface area contributed by atoms with Crippen LogP contribution in [-0.2, 0) is 6.54 Å². The summed E-state index contributed by atoms with van der Waals surface area (Å²) in [6, 6.07) is 12.6. The maximum Gasteiger partial charge on any atom is 0.253 e. The van der Waals surface area contributed by atoms with Gasteiger partial charge in [0.05, 0.1) is 14.2 Å². The minimum absolute atomic E-state index is 0.123. The summed E-state index contributed by atoms with van der Waals surface area (Å²) in [6.07, 6.45) is 0. The molecule has 0 atom stereocenters. The highest BCUT2D eigenvalue weighted by Crippen LogP contribution is 2.22. The van der Waals surface area contributed by atoms with E-state index in [1.807, 2.05) is 25.1 Å². The average molecular weight is 352 g/mol. The highest BCUT2D eigenvalue weighted by Gasteiger charge is 2.11. The lowest BCUT2D eigenvalue weighted by Crippen LogP contribution is -2.26. The number of hydrogen-bond donors (Lipinski definition) is 2. The number of carbonyl (C=O) groups is 1. The third-order valence-corrected chi connectivity index (χ3v) is 4.13. The van der Waals surface area contributed by atoms with Crippen molar-refractivity contribution >= 4 is 16.8 Å². The number of aryl methyl sites for hydroxylation is 1. The monoisotopic (exact) mass is 352 g/mol. The van der Waals surface area contributed by atoms with Crippen LogP contribution in [0, 0.1) is 6.92 Å². The van der Waals surface area contributed by atoms with Crippen molar-refractivity contribution in [1.29, 1.82) is 0 Å². The number of carbonyl (C=O) groups excluding carboxylic acids is 1. The highest BCUT2D eigenvalue weighted by atomic mass is 16.5. The van der Waals surface area contributed by atoms with Gasteiger partial charge in [0, 0.05) is 29.3 Å². The molecule has 6 nitrogen and oxygen atoms in total. The number of amides is 1. The van der Waals surface area contributed by atoms with E-state index < -0.39 is 0 Å². The van der Waals surface area contributed by atoms with Crippen LogP contribution in [0.3, 0.4) is 0 Å². The lowest BCUT2D eigenvalue weighted by atomic mass is 10.1. The van der Waals surface area contributed by atoms with Gasteiger partial charge in [-0.15, -0.1) is 0 Å². The van der Waals surface area contributed by atoms with Crippen molar-refractivity contribution in [1.82, 2.24) is 10.3 Å². The van der Waals surface area contributed by atoms with Crippen molar-refractivity contribution in [3.63, 3.8) is 0 Å². The molecule has 2 aromatic carbocycles. The fourth-order valence-corrected chi connectivity index (χ4v) is 2.71. The first-order valence-corrected chi connectivity index (χ1v) is 8.14. The zero-order chi connectivity index (χ0) is 18.7. The number of fused-ring (bicyclic) bond motifs is 1. The van der Waals surface area contributed by atoms with Crippen LogP contribution >= 0.6 is 0 Å². The molecule has 134 valence electrons. The molecule has 26 heavy (non-hydrogen) atoms. The molecular formula is C20H20N2O4. The topological polar surface area (TPSA) is 80.4 Å². The molecule has 1 aromatic heterocycles. The van der Waals surface area contributed by atoms with E-state index >= 15 is 0 Å². The largest absolute Gasteiger partial charge is 0.497 e. The Kier molecular flexibility index (Phi) is 4.93. The number of methoxy groups -OCH3 is 2. The summed E-state index contributed by atoms with van der Waals surface area (Å²) < 4.78 is 10.3. The average Bonchev–Trinajstić information content (AvgIpc) is 2.65. The summed E-state index contributed by atoms with van der Waals surface area (Å²) >= 11 is 0. The van der Waals surface area contributed by atoms with Gasteiger partial charge in [-0.1, -0.05) is 12.1 Å². The molecule has 0 aliphatic heterocycles. The number of pyridine rings is 1. The Morgan fingerprint density at radius 2 is 1.73 bits per heavy atom. The minimum atomic E-state index is -0.314. The zero-order valence-electron chi connectivity index (χ0n) is 14.9. The van der Waals surface area contributed by atoms with E-state index in [1.165, 1.54) is 14.2 Å². The van der Waals surface area contributed by atoms with E-state index in [-0.39, 0.29) is 18.0 Å². The second kappa shape index (κ2) is 7.31. The van der Waals surface area contributed by atoms with Gasteiger partial charge < -0.3 is 19.8 Å². The summed E-state index contributed by atoms with van der Waals surface area (Å²) in [5.41, 5.74) is 2.52. The molecule has 0 aliphatic rings.